The number of benzene rings is 1. The molecule has 0 unspecified atom stereocenters. The minimum Gasteiger partial charge on any atom is -0.468 e. The highest BCUT2D eigenvalue weighted by Gasteiger charge is 2.21. The molecule has 0 aliphatic carbocycles. The molecule has 2 rings (SSSR count). The fourth-order valence-corrected chi connectivity index (χ4v) is 2.04. The normalized spacial score (nSPS) is 14.2. The van der Waals surface area contributed by atoms with E-state index < -0.39 is 5.97 Å². The van der Waals surface area contributed by atoms with Crippen molar-refractivity contribution < 1.29 is 19.1 Å². The van der Waals surface area contributed by atoms with E-state index in [1.165, 1.54) is 7.11 Å². The summed E-state index contributed by atoms with van der Waals surface area (Å²) in [6, 6.07) is 6.73. The van der Waals surface area contributed by atoms with Gasteiger partial charge in [-0.15, -0.1) is 0 Å². The summed E-state index contributed by atoms with van der Waals surface area (Å²) in [4.78, 5) is 36.0. The highest BCUT2D eigenvalue weighted by Crippen LogP contribution is 2.21. The van der Waals surface area contributed by atoms with Crippen molar-refractivity contribution in [2.45, 2.75) is 12.8 Å². The van der Waals surface area contributed by atoms with Crippen molar-refractivity contribution in [1.82, 2.24) is 5.32 Å². The van der Waals surface area contributed by atoms with E-state index in [0.29, 0.717) is 18.5 Å². The number of methoxy groups -OCH3 is 1. The summed E-state index contributed by atoms with van der Waals surface area (Å²) in [5, 5.41) is 2.45. The minimum absolute atomic E-state index is 0.105. The minimum atomic E-state index is -0.502. The van der Waals surface area contributed by atoms with Crippen LogP contribution in [0.3, 0.4) is 0 Å². The highest BCUT2D eigenvalue weighted by molar-refractivity contribution is 5.98. The average Bonchev–Trinajstić information content (AvgIpc) is 2.90. The SMILES string of the molecule is COC(=O)CNC(=O)c1ccc(N2CCCC2=O)cc1. The van der Waals surface area contributed by atoms with E-state index in [0.717, 1.165) is 12.1 Å². The molecule has 1 saturated heterocycles. The quantitative estimate of drug-likeness (QED) is 0.822. The van der Waals surface area contributed by atoms with Crippen molar-refractivity contribution in [3.05, 3.63) is 29.8 Å². The van der Waals surface area contributed by atoms with E-state index >= 15 is 0 Å². The van der Waals surface area contributed by atoms with Gasteiger partial charge in [-0.1, -0.05) is 0 Å². The molecule has 6 nitrogen and oxygen atoms in total. The Labute approximate surface area is 116 Å². The van der Waals surface area contributed by atoms with E-state index in [1.54, 1.807) is 29.2 Å². The zero-order valence-corrected chi connectivity index (χ0v) is 11.2. The smallest absolute Gasteiger partial charge is 0.325 e. The summed E-state index contributed by atoms with van der Waals surface area (Å²) in [6.07, 6.45) is 1.43. The molecule has 2 amide bonds. The van der Waals surface area contributed by atoms with Crippen LogP contribution in [-0.2, 0) is 14.3 Å². The van der Waals surface area contributed by atoms with Crippen LogP contribution in [0.5, 0.6) is 0 Å². The lowest BCUT2D eigenvalue weighted by atomic mass is 10.2. The first-order valence-corrected chi connectivity index (χ1v) is 6.37. The Kier molecular flexibility index (Phi) is 4.34. The maximum absolute atomic E-state index is 11.8. The Balaban J connectivity index is 1.99. The molecule has 1 aliphatic rings. The van der Waals surface area contributed by atoms with Crippen LogP contribution in [0.4, 0.5) is 5.69 Å². The number of anilines is 1. The van der Waals surface area contributed by atoms with Gasteiger partial charge in [0.05, 0.1) is 7.11 Å². The molecular formula is C14H16N2O4. The summed E-state index contributed by atoms with van der Waals surface area (Å²) in [7, 11) is 1.26. The Morgan fingerprint density at radius 1 is 1.30 bits per heavy atom. The Bertz CT molecular complexity index is 524. The summed E-state index contributed by atoms with van der Waals surface area (Å²) in [6.45, 7) is 0.550. The van der Waals surface area contributed by atoms with Crippen molar-refractivity contribution in [3.63, 3.8) is 0 Å². The molecule has 0 spiro atoms. The lowest BCUT2D eigenvalue weighted by Gasteiger charge is -2.15. The predicted molar refractivity (Wildman–Crippen MR) is 72.4 cm³/mol. The molecule has 1 heterocycles. The topological polar surface area (TPSA) is 75.7 Å². The van der Waals surface area contributed by atoms with Crippen LogP contribution in [0.25, 0.3) is 0 Å². The molecule has 20 heavy (non-hydrogen) atoms. The number of carbonyl (C=O) groups excluding carboxylic acids is 3. The van der Waals surface area contributed by atoms with Gasteiger partial charge >= 0.3 is 5.97 Å². The van der Waals surface area contributed by atoms with Crippen LogP contribution in [-0.4, -0.2) is 38.0 Å². The van der Waals surface area contributed by atoms with Crippen LogP contribution >= 0.6 is 0 Å². The highest BCUT2D eigenvalue weighted by atomic mass is 16.5. The van der Waals surface area contributed by atoms with Crippen LogP contribution in [0, 0.1) is 0 Å². The second-order valence-corrected chi connectivity index (χ2v) is 4.45. The number of esters is 1. The third-order valence-electron chi connectivity index (χ3n) is 3.14. The van der Waals surface area contributed by atoms with E-state index in [-0.39, 0.29) is 18.4 Å². The number of hydrogen-bond acceptors (Lipinski definition) is 4. The van der Waals surface area contributed by atoms with Crippen molar-refractivity contribution in [2.75, 3.05) is 25.1 Å². The second-order valence-electron chi connectivity index (χ2n) is 4.45. The number of ether oxygens (including phenoxy) is 1. The third kappa shape index (κ3) is 3.14. The zero-order valence-electron chi connectivity index (χ0n) is 11.2. The number of carbonyl (C=O) groups is 3. The van der Waals surface area contributed by atoms with Gasteiger partial charge < -0.3 is 15.0 Å². The second kappa shape index (κ2) is 6.18. The molecule has 0 bridgehead atoms. The molecule has 106 valence electrons. The van der Waals surface area contributed by atoms with Crippen molar-refractivity contribution in [3.8, 4) is 0 Å². The van der Waals surface area contributed by atoms with Gasteiger partial charge in [0.25, 0.3) is 5.91 Å². The molecule has 1 fully saturated rings. The summed E-state index contributed by atoms with van der Waals surface area (Å²) in [5.41, 5.74) is 1.22. The van der Waals surface area contributed by atoms with Gasteiger partial charge in [0, 0.05) is 24.2 Å². The summed E-state index contributed by atoms with van der Waals surface area (Å²) < 4.78 is 4.44. The van der Waals surface area contributed by atoms with E-state index in [1.807, 2.05) is 0 Å². The zero-order chi connectivity index (χ0) is 14.5. The van der Waals surface area contributed by atoms with Crippen molar-refractivity contribution in [1.29, 1.82) is 0 Å². The molecule has 0 saturated carbocycles. The van der Waals surface area contributed by atoms with Gasteiger partial charge in [-0.2, -0.15) is 0 Å². The molecule has 6 heteroatoms. The lowest BCUT2D eigenvalue weighted by molar-refractivity contribution is -0.139. The average molecular weight is 276 g/mol. The van der Waals surface area contributed by atoms with Gasteiger partial charge in [-0.3, -0.25) is 14.4 Å². The number of rotatable bonds is 4. The molecule has 0 aromatic heterocycles. The first-order valence-electron chi connectivity index (χ1n) is 6.37. The third-order valence-corrected chi connectivity index (χ3v) is 3.14. The van der Waals surface area contributed by atoms with Crippen LogP contribution in [0.2, 0.25) is 0 Å². The van der Waals surface area contributed by atoms with Crippen LogP contribution in [0.15, 0.2) is 24.3 Å². The molecule has 1 aromatic carbocycles. The maximum Gasteiger partial charge on any atom is 0.325 e. The lowest BCUT2D eigenvalue weighted by Crippen LogP contribution is -2.30. The van der Waals surface area contributed by atoms with E-state index in [9.17, 15) is 14.4 Å². The number of hydrogen-bond donors (Lipinski definition) is 1. The van der Waals surface area contributed by atoms with Gasteiger partial charge in [0.15, 0.2) is 0 Å². The molecular weight excluding hydrogens is 260 g/mol. The van der Waals surface area contributed by atoms with Crippen molar-refractivity contribution >= 4 is 23.5 Å². The molecule has 1 N–H and O–H groups in total. The number of amides is 2. The van der Waals surface area contributed by atoms with Crippen LogP contribution < -0.4 is 10.2 Å². The first kappa shape index (κ1) is 14.0. The van der Waals surface area contributed by atoms with E-state index in [4.69, 9.17) is 0 Å². The van der Waals surface area contributed by atoms with Gasteiger partial charge in [0.1, 0.15) is 6.54 Å². The molecule has 1 aliphatic heterocycles. The van der Waals surface area contributed by atoms with Crippen molar-refractivity contribution in [2.24, 2.45) is 0 Å². The Morgan fingerprint density at radius 2 is 2.00 bits per heavy atom. The fourth-order valence-electron chi connectivity index (χ4n) is 2.04. The fraction of sp³-hybridized carbons (Fsp3) is 0.357. The largest absolute Gasteiger partial charge is 0.468 e. The number of nitrogens with zero attached hydrogens (tertiary/aromatic N) is 1. The van der Waals surface area contributed by atoms with Crippen LogP contribution in [0.1, 0.15) is 23.2 Å². The maximum atomic E-state index is 11.8. The van der Waals surface area contributed by atoms with E-state index in [2.05, 4.69) is 10.1 Å². The summed E-state index contributed by atoms with van der Waals surface area (Å²) >= 11 is 0. The Hall–Kier alpha value is -2.37. The standard InChI is InChI=1S/C14H16N2O4/c1-20-13(18)9-15-14(19)10-4-6-11(7-5-10)16-8-2-3-12(16)17/h4-7H,2-3,8-9H2,1H3,(H,15,19). The first-order chi connectivity index (χ1) is 9.61. The molecule has 0 atom stereocenters. The Morgan fingerprint density at radius 3 is 2.55 bits per heavy atom. The molecule has 1 aromatic rings. The molecule has 0 radical (unpaired) electrons. The van der Waals surface area contributed by atoms with Gasteiger partial charge in [0.2, 0.25) is 5.91 Å². The van der Waals surface area contributed by atoms with Gasteiger partial charge in [-0.25, -0.2) is 0 Å². The predicted octanol–water partition coefficient (Wildman–Crippen LogP) is 0.716. The van der Waals surface area contributed by atoms with Gasteiger partial charge in [-0.05, 0) is 30.7 Å². The summed E-state index contributed by atoms with van der Waals surface area (Å²) in [5.74, 6) is -0.750. The monoisotopic (exact) mass is 276 g/mol. The number of nitrogens with one attached hydrogen (secondary N) is 1.